The number of piperidine rings is 1. The average molecular weight is 492 g/mol. The number of anilines is 2. The molecule has 180 valence electrons. The van der Waals surface area contributed by atoms with Gasteiger partial charge in [-0.2, -0.15) is 0 Å². The van der Waals surface area contributed by atoms with Gasteiger partial charge in [-0.05, 0) is 69.4 Å². The number of halogens is 1. The van der Waals surface area contributed by atoms with Gasteiger partial charge in [-0.15, -0.1) is 0 Å². The molecule has 1 aromatic carbocycles. The largest absolute Gasteiger partial charge is 0.484 e. The number of fused-ring (bicyclic) bond motifs is 1. The van der Waals surface area contributed by atoms with Crippen LogP contribution in [-0.4, -0.2) is 63.5 Å². The molecule has 1 aliphatic heterocycles. The lowest BCUT2D eigenvalue weighted by Crippen LogP contribution is -2.36. The summed E-state index contributed by atoms with van der Waals surface area (Å²) in [5.74, 6) is 1.01. The number of ether oxygens (including phenoxy) is 1. The van der Waals surface area contributed by atoms with Crippen LogP contribution in [0.5, 0.6) is 5.75 Å². The van der Waals surface area contributed by atoms with Crippen LogP contribution in [0.1, 0.15) is 12.8 Å². The van der Waals surface area contributed by atoms with Crippen molar-refractivity contribution in [1.82, 2.24) is 24.8 Å². The first-order valence-corrected chi connectivity index (χ1v) is 11.9. The first-order chi connectivity index (χ1) is 17.0. The number of benzene rings is 1. The van der Waals surface area contributed by atoms with Crippen molar-refractivity contribution in [2.24, 2.45) is 0 Å². The van der Waals surface area contributed by atoms with Crippen LogP contribution in [0.4, 0.5) is 11.4 Å². The minimum atomic E-state index is -0.257. The predicted octanol–water partition coefficient (Wildman–Crippen LogP) is 4.20. The van der Waals surface area contributed by atoms with Gasteiger partial charge >= 0.3 is 0 Å². The minimum Gasteiger partial charge on any atom is -0.484 e. The molecule has 0 spiro atoms. The molecule has 0 radical (unpaired) electrons. The van der Waals surface area contributed by atoms with Crippen molar-refractivity contribution in [1.29, 1.82) is 0 Å². The Morgan fingerprint density at radius 2 is 2.00 bits per heavy atom. The van der Waals surface area contributed by atoms with E-state index in [2.05, 4.69) is 42.5 Å². The van der Waals surface area contributed by atoms with Gasteiger partial charge in [-0.3, -0.25) is 9.78 Å². The average Bonchev–Trinajstić information content (AvgIpc) is 3.31. The number of likely N-dealkylation sites (tertiary alicyclic amines) is 1. The van der Waals surface area contributed by atoms with Crippen LogP contribution in [0.3, 0.4) is 0 Å². The van der Waals surface area contributed by atoms with Gasteiger partial charge in [0.2, 0.25) is 0 Å². The van der Waals surface area contributed by atoms with Crippen molar-refractivity contribution in [2.45, 2.75) is 18.9 Å². The zero-order chi connectivity index (χ0) is 24.2. The van der Waals surface area contributed by atoms with E-state index in [0.29, 0.717) is 34.0 Å². The molecule has 10 heteroatoms. The number of amides is 1. The van der Waals surface area contributed by atoms with Crippen molar-refractivity contribution in [2.75, 3.05) is 37.4 Å². The number of aromatic amines is 1. The van der Waals surface area contributed by atoms with Gasteiger partial charge in [-0.25, -0.2) is 9.97 Å². The summed E-state index contributed by atoms with van der Waals surface area (Å²) in [7, 11) is 2.14. The number of pyridine rings is 2. The molecule has 1 amide bonds. The van der Waals surface area contributed by atoms with Crippen LogP contribution in [-0.2, 0) is 4.79 Å². The fourth-order valence-corrected chi connectivity index (χ4v) is 4.26. The maximum Gasteiger partial charge on any atom is 0.262 e. The lowest BCUT2D eigenvalue weighted by atomic mass is 10.1. The van der Waals surface area contributed by atoms with Crippen LogP contribution in [0, 0.1) is 0 Å². The van der Waals surface area contributed by atoms with Crippen LogP contribution in [0.25, 0.3) is 22.6 Å². The predicted molar refractivity (Wildman–Crippen MR) is 137 cm³/mol. The van der Waals surface area contributed by atoms with Gasteiger partial charge in [0.05, 0.1) is 28.8 Å². The monoisotopic (exact) mass is 491 g/mol. The van der Waals surface area contributed by atoms with Gasteiger partial charge in [0.15, 0.2) is 12.3 Å². The van der Waals surface area contributed by atoms with E-state index in [-0.39, 0.29) is 12.5 Å². The number of aromatic nitrogens is 4. The Morgan fingerprint density at radius 3 is 2.74 bits per heavy atom. The normalized spacial score (nSPS) is 14.7. The highest BCUT2D eigenvalue weighted by atomic mass is 35.5. The highest BCUT2D eigenvalue weighted by Crippen LogP contribution is 2.32. The molecule has 4 aromatic rings. The molecule has 1 fully saturated rings. The summed E-state index contributed by atoms with van der Waals surface area (Å²) < 4.78 is 5.61. The Bertz CT molecular complexity index is 1300. The van der Waals surface area contributed by atoms with Gasteiger partial charge in [-0.1, -0.05) is 11.6 Å². The zero-order valence-electron chi connectivity index (χ0n) is 19.3. The fraction of sp³-hybridized carbons (Fsp3) is 0.280. The SMILES string of the molecule is CN1CCC(Nc2c(Cl)cnc3nc(-c4ccc(OCC(=O)Nc5cccnc5)cc4)[nH]c23)CC1. The maximum absolute atomic E-state index is 12.1. The zero-order valence-corrected chi connectivity index (χ0v) is 20.0. The Balaban J connectivity index is 1.26. The number of hydrogen-bond acceptors (Lipinski definition) is 7. The molecule has 1 aliphatic rings. The second-order valence-corrected chi connectivity index (χ2v) is 9.00. The van der Waals surface area contributed by atoms with Gasteiger partial charge in [0, 0.05) is 17.8 Å². The summed E-state index contributed by atoms with van der Waals surface area (Å²) in [4.78, 5) is 30.8. The number of H-pyrrole nitrogens is 1. The van der Waals surface area contributed by atoms with Gasteiger partial charge < -0.3 is 25.3 Å². The summed E-state index contributed by atoms with van der Waals surface area (Å²) in [6, 6.07) is 11.3. The van der Waals surface area contributed by atoms with Crippen molar-refractivity contribution in [3.8, 4) is 17.1 Å². The lowest BCUT2D eigenvalue weighted by molar-refractivity contribution is -0.118. The second kappa shape index (κ2) is 10.3. The number of carbonyl (C=O) groups excluding carboxylic acids is 1. The van der Waals surface area contributed by atoms with E-state index < -0.39 is 0 Å². The van der Waals surface area contributed by atoms with Crippen LogP contribution in [0.2, 0.25) is 5.02 Å². The Labute approximate surface area is 207 Å². The molecule has 35 heavy (non-hydrogen) atoms. The fourth-order valence-electron chi connectivity index (χ4n) is 4.06. The van der Waals surface area contributed by atoms with E-state index >= 15 is 0 Å². The number of imidazole rings is 1. The summed E-state index contributed by atoms with van der Waals surface area (Å²) in [6.45, 7) is 2.00. The maximum atomic E-state index is 12.1. The Kier molecular flexibility index (Phi) is 6.78. The molecule has 1 saturated heterocycles. The first kappa shape index (κ1) is 23.1. The molecule has 3 aromatic heterocycles. The number of nitrogens with one attached hydrogen (secondary N) is 3. The number of rotatable bonds is 7. The van der Waals surface area contributed by atoms with Crippen LogP contribution >= 0.6 is 11.6 Å². The van der Waals surface area contributed by atoms with E-state index in [1.807, 2.05) is 12.1 Å². The van der Waals surface area contributed by atoms with E-state index in [1.165, 1.54) is 0 Å². The third kappa shape index (κ3) is 5.52. The molecule has 0 unspecified atom stereocenters. The molecule has 0 bridgehead atoms. The van der Waals surface area contributed by atoms with Gasteiger partial charge in [0.25, 0.3) is 5.91 Å². The third-order valence-corrected chi connectivity index (χ3v) is 6.27. The molecular weight excluding hydrogens is 466 g/mol. The first-order valence-electron chi connectivity index (χ1n) is 11.5. The molecular formula is C25H26ClN7O2. The molecule has 4 heterocycles. The number of hydrogen-bond donors (Lipinski definition) is 3. The topological polar surface area (TPSA) is 108 Å². The summed E-state index contributed by atoms with van der Waals surface area (Å²) >= 11 is 6.50. The smallest absolute Gasteiger partial charge is 0.262 e. The number of nitrogens with zero attached hydrogens (tertiary/aromatic N) is 4. The molecule has 5 rings (SSSR count). The van der Waals surface area contributed by atoms with E-state index in [4.69, 9.17) is 16.3 Å². The minimum absolute atomic E-state index is 0.104. The van der Waals surface area contributed by atoms with E-state index in [9.17, 15) is 4.79 Å². The summed E-state index contributed by atoms with van der Waals surface area (Å²) in [5, 5.41) is 6.91. The second-order valence-electron chi connectivity index (χ2n) is 8.59. The Morgan fingerprint density at radius 1 is 1.20 bits per heavy atom. The number of carbonyl (C=O) groups is 1. The molecule has 9 nitrogen and oxygen atoms in total. The lowest BCUT2D eigenvalue weighted by Gasteiger charge is -2.30. The van der Waals surface area contributed by atoms with Crippen LogP contribution < -0.4 is 15.4 Å². The standard InChI is InChI=1S/C25H26ClN7O2/c1-33-11-8-17(9-12-33)30-22-20(26)14-28-25-23(22)31-24(32-25)16-4-6-19(7-5-16)35-15-21(34)29-18-3-2-10-27-13-18/h2-7,10,13-14,17H,8-9,11-12,15H2,1H3,(H,29,34)(H2,28,30,31,32). The van der Waals surface area contributed by atoms with Crippen molar-refractivity contribution in [3.63, 3.8) is 0 Å². The van der Waals surface area contributed by atoms with Crippen LogP contribution in [0.15, 0.2) is 55.0 Å². The highest BCUT2D eigenvalue weighted by molar-refractivity contribution is 6.34. The van der Waals surface area contributed by atoms with Crippen molar-refractivity contribution >= 4 is 40.0 Å². The van der Waals surface area contributed by atoms with Gasteiger partial charge in [0.1, 0.15) is 17.1 Å². The van der Waals surface area contributed by atoms with Crippen molar-refractivity contribution < 1.29 is 9.53 Å². The highest BCUT2D eigenvalue weighted by Gasteiger charge is 2.20. The molecule has 0 atom stereocenters. The molecule has 3 N–H and O–H groups in total. The third-order valence-electron chi connectivity index (χ3n) is 5.98. The van der Waals surface area contributed by atoms with E-state index in [0.717, 1.165) is 42.7 Å². The quantitative estimate of drug-likeness (QED) is 0.355. The molecule has 0 saturated carbocycles. The Hall–Kier alpha value is -3.69. The van der Waals surface area contributed by atoms with E-state index in [1.54, 1.807) is 42.9 Å². The molecule has 0 aliphatic carbocycles. The summed E-state index contributed by atoms with van der Waals surface area (Å²) in [6.07, 6.45) is 6.97. The van der Waals surface area contributed by atoms with Crippen molar-refractivity contribution in [3.05, 3.63) is 60.0 Å². The summed E-state index contributed by atoms with van der Waals surface area (Å²) in [5.41, 5.74) is 3.73.